The van der Waals surface area contributed by atoms with E-state index in [-0.39, 0.29) is 6.04 Å². The van der Waals surface area contributed by atoms with Gasteiger partial charge in [0.1, 0.15) is 0 Å². The van der Waals surface area contributed by atoms with Crippen molar-refractivity contribution in [3.05, 3.63) is 0 Å². The normalized spacial score (nSPS) is 39.0. The van der Waals surface area contributed by atoms with Crippen molar-refractivity contribution in [1.82, 2.24) is 0 Å². The third-order valence-electron chi connectivity index (χ3n) is 2.37. The van der Waals surface area contributed by atoms with Crippen LogP contribution in [0.25, 0.3) is 0 Å². The molecule has 0 heterocycles. The zero-order chi connectivity index (χ0) is 8.32. The monoisotopic (exact) mass is 159 g/mol. The lowest BCUT2D eigenvalue weighted by Gasteiger charge is -2.33. The Morgan fingerprint density at radius 2 is 2.09 bits per heavy atom. The average molecular weight is 159 g/mol. The van der Waals surface area contributed by atoms with Gasteiger partial charge in [0.25, 0.3) is 0 Å². The molecule has 0 saturated heterocycles. The summed E-state index contributed by atoms with van der Waals surface area (Å²) in [4.78, 5) is 0. The van der Waals surface area contributed by atoms with E-state index in [0.29, 0.717) is 6.61 Å². The van der Waals surface area contributed by atoms with Gasteiger partial charge in [0.05, 0.1) is 12.2 Å². The minimum atomic E-state index is -0.593. The maximum atomic E-state index is 9.81. The standard InChI is InChI=1S/C8H17NO2/c1-11-6-8(10)4-2-7(9)3-5-8/h7,10H,2-6,9H2,1H3. The van der Waals surface area contributed by atoms with Gasteiger partial charge in [0, 0.05) is 13.2 Å². The van der Waals surface area contributed by atoms with Gasteiger partial charge in [-0.15, -0.1) is 0 Å². The van der Waals surface area contributed by atoms with E-state index >= 15 is 0 Å². The smallest absolute Gasteiger partial charge is 0.0881 e. The van der Waals surface area contributed by atoms with Crippen molar-refractivity contribution in [2.24, 2.45) is 5.73 Å². The van der Waals surface area contributed by atoms with Crippen LogP contribution in [0.3, 0.4) is 0 Å². The van der Waals surface area contributed by atoms with Crippen LogP contribution in [0.15, 0.2) is 0 Å². The van der Waals surface area contributed by atoms with Crippen LogP contribution in [0, 0.1) is 0 Å². The highest BCUT2D eigenvalue weighted by molar-refractivity contribution is 4.86. The lowest BCUT2D eigenvalue weighted by Crippen LogP contribution is -2.41. The van der Waals surface area contributed by atoms with E-state index in [4.69, 9.17) is 10.5 Å². The summed E-state index contributed by atoms with van der Waals surface area (Å²) in [5, 5.41) is 9.81. The number of nitrogens with two attached hydrogens (primary N) is 1. The molecule has 3 N–H and O–H groups in total. The fraction of sp³-hybridized carbons (Fsp3) is 1.00. The van der Waals surface area contributed by atoms with E-state index in [1.54, 1.807) is 7.11 Å². The molecule has 0 aliphatic heterocycles. The molecule has 0 unspecified atom stereocenters. The Labute approximate surface area is 67.5 Å². The van der Waals surface area contributed by atoms with Gasteiger partial charge in [0.15, 0.2) is 0 Å². The van der Waals surface area contributed by atoms with Crippen molar-refractivity contribution in [2.75, 3.05) is 13.7 Å². The molecule has 0 aromatic rings. The van der Waals surface area contributed by atoms with E-state index < -0.39 is 5.60 Å². The van der Waals surface area contributed by atoms with Crippen LogP contribution in [-0.2, 0) is 4.74 Å². The third kappa shape index (κ3) is 2.43. The van der Waals surface area contributed by atoms with Crippen LogP contribution < -0.4 is 5.73 Å². The predicted molar refractivity (Wildman–Crippen MR) is 43.3 cm³/mol. The van der Waals surface area contributed by atoms with Gasteiger partial charge < -0.3 is 15.6 Å². The summed E-state index contributed by atoms with van der Waals surface area (Å²) in [6, 6.07) is 0.284. The SMILES string of the molecule is COCC1(O)CCC(N)CC1. The molecule has 0 atom stereocenters. The Hall–Kier alpha value is -0.120. The second-order valence-electron chi connectivity index (χ2n) is 3.49. The molecule has 66 valence electrons. The first-order valence-corrected chi connectivity index (χ1v) is 4.13. The number of methoxy groups -OCH3 is 1. The first kappa shape index (κ1) is 8.97. The molecule has 0 spiro atoms. The van der Waals surface area contributed by atoms with Gasteiger partial charge in [-0.3, -0.25) is 0 Å². The summed E-state index contributed by atoms with van der Waals surface area (Å²) in [5.41, 5.74) is 5.11. The van der Waals surface area contributed by atoms with E-state index in [2.05, 4.69) is 0 Å². The van der Waals surface area contributed by atoms with Crippen LogP contribution in [0.4, 0.5) is 0 Å². The largest absolute Gasteiger partial charge is 0.387 e. The van der Waals surface area contributed by atoms with Crippen LogP contribution >= 0.6 is 0 Å². The van der Waals surface area contributed by atoms with Gasteiger partial charge >= 0.3 is 0 Å². The number of hydrogen-bond acceptors (Lipinski definition) is 3. The molecule has 3 nitrogen and oxygen atoms in total. The minimum absolute atomic E-state index is 0.284. The number of ether oxygens (including phenoxy) is 1. The highest BCUT2D eigenvalue weighted by Crippen LogP contribution is 2.27. The lowest BCUT2D eigenvalue weighted by molar-refractivity contribution is -0.0583. The quantitative estimate of drug-likeness (QED) is 0.608. The molecule has 1 saturated carbocycles. The van der Waals surface area contributed by atoms with Crippen molar-refractivity contribution < 1.29 is 9.84 Å². The fourth-order valence-electron chi connectivity index (χ4n) is 1.59. The van der Waals surface area contributed by atoms with Gasteiger partial charge in [-0.1, -0.05) is 0 Å². The molecule has 1 aliphatic carbocycles. The zero-order valence-corrected chi connectivity index (χ0v) is 7.05. The Bertz CT molecular complexity index is 119. The minimum Gasteiger partial charge on any atom is -0.387 e. The second-order valence-corrected chi connectivity index (χ2v) is 3.49. The van der Waals surface area contributed by atoms with Crippen LogP contribution in [0.2, 0.25) is 0 Å². The van der Waals surface area contributed by atoms with Crippen molar-refractivity contribution in [3.63, 3.8) is 0 Å². The lowest BCUT2D eigenvalue weighted by atomic mass is 9.83. The van der Waals surface area contributed by atoms with Crippen molar-refractivity contribution >= 4 is 0 Å². The Morgan fingerprint density at radius 1 is 1.55 bits per heavy atom. The Kier molecular flexibility index (Phi) is 2.87. The highest BCUT2D eigenvalue weighted by Gasteiger charge is 2.31. The van der Waals surface area contributed by atoms with Crippen molar-refractivity contribution in [3.8, 4) is 0 Å². The molecule has 1 fully saturated rings. The van der Waals surface area contributed by atoms with Gasteiger partial charge in [-0.2, -0.15) is 0 Å². The van der Waals surface area contributed by atoms with Gasteiger partial charge in [0.2, 0.25) is 0 Å². The summed E-state index contributed by atoms with van der Waals surface area (Å²) in [6.45, 7) is 0.444. The first-order valence-electron chi connectivity index (χ1n) is 4.13. The molecular weight excluding hydrogens is 142 g/mol. The maximum Gasteiger partial charge on any atom is 0.0881 e. The fourth-order valence-corrected chi connectivity index (χ4v) is 1.59. The van der Waals surface area contributed by atoms with E-state index in [1.165, 1.54) is 0 Å². The van der Waals surface area contributed by atoms with E-state index in [1.807, 2.05) is 0 Å². The average Bonchev–Trinajstić information content (AvgIpc) is 1.97. The van der Waals surface area contributed by atoms with E-state index in [9.17, 15) is 5.11 Å². The molecular formula is C8H17NO2. The molecule has 0 bridgehead atoms. The molecule has 3 heteroatoms. The highest BCUT2D eigenvalue weighted by atomic mass is 16.5. The first-order chi connectivity index (χ1) is 5.16. The topological polar surface area (TPSA) is 55.5 Å². The van der Waals surface area contributed by atoms with Crippen LogP contribution in [0.5, 0.6) is 0 Å². The molecule has 1 aliphatic rings. The zero-order valence-electron chi connectivity index (χ0n) is 7.05. The number of rotatable bonds is 2. The summed E-state index contributed by atoms with van der Waals surface area (Å²) in [6.07, 6.45) is 3.39. The Morgan fingerprint density at radius 3 is 2.55 bits per heavy atom. The molecule has 0 radical (unpaired) electrons. The predicted octanol–water partition coefficient (Wildman–Crippen LogP) is 0.265. The van der Waals surface area contributed by atoms with Crippen molar-refractivity contribution in [1.29, 1.82) is 0 Å². The third-order valence-corrected chi connectivity index (χ3v) is 2.37. The van der Waals surface area contributed by atoms with Gasteiger partial charge in [-0.05, 0) is 25.7 Å². The van der Waals surface area contributed by atoms with Crippen LogP contribution in [0.1, 0.15) is 25.7 Å². The Balaban J connectivity index is 2.35. The summed E-state index contributed by atoms with van der Waals surface area (Å²) < 4.78 is 4.93. The summed E-state index contributed by atoms with van der Waals surface area (Å²) in [7, 11) is 1.62. The number of aliphatic hydroxyl groups is 1. The summed E-state index contributed by atoms with van der Waals surface area (Å²) in [5.74, 6) is 0. The molecule has 0 aromatic heterocycles. The second kappa shape index (κ2) is 3.52. The molecule has 0 amide bonds. The summed E-state index contributed by atoms with van der Waals surface area (Å²) >= 11 is 0. The molecule has 0 aromatic carbocycles. The maximum absolute atomic E-state index is 9.81. The van der Waals surface area contributed by atoms with E-state index in [0.717, 1.165) is 25.7 Å². The molecule has 1 rings (SSSR count). The van der Waals surface area contributed by atoms with Crippen molar-refractivity contribution in [2.45, 2.75) is 37.3 Å². The van der Waals surface area contributed by atoms with Gasteiger partial charge in [-0.25, -0.2) is 0 Å². The molecule has 11 heavy (non-hydrogen) atoms. The number of hydrogen-bond donors (Lipinski definition) is 2. The van der Waals surface area contributed by atoms with Crippen LogP contribution in [-0.4, -0.2) is 30.5 Å².